The quantitative estimate of drug-likeness (QED) is 0.445. The zero-order chi connectivity index (χ0) is 22.9. The Morgan fingerprint density at radius 2 is 1.69 bits per heavy atom. The highest BCUT2D eigenvalue weighted by molar-refractivity contribution is 5.93. The second-order valence-corrected chi connectivity index (χ2v) is 7.68. The molecule has 3 aromatic rings. The van der Waals surface area contributed by atoms with Gasteiger partial charge in [0.1, 0.15) is 5.75 Å². The van der Waals surface area contributed by atoms with Crippen molar-refractivity contribution >= 4 is 17.5 Å². The van der Waals surface area contributed by atoms with Gasteiger partial charge in [0.15, 0.2) is 0 Å². The van der Waals surface area contributed by atoms with Crippen LogP contribution in [0.15, 0.2) is 54.9 Å². The van der Waals surface area contributed by atoms with Gasteiger partial charge in [-0.25, -0.2) is 15.4 Å². The summed E-state index contributed by atoms with van der Waals surface area (Å²) in [5.74, 6) is 1.47. The number of rotatable bonds is 10. The average Bonchev–Trinajstić information content (AvgIpc) is 2.83. The van der Waals surface area contributed by atoms with Gasteiger partial charge in [0, 0.05) is 23.6 Å². The molecule has 168 valence electrons. The van der Waals surface area contributed by atoms with Gasteiger partial charge in [-0.1, -0.05) is 19.9 Å². The standard InChI is InChI=1S/C25H30N4O3/c1-5-17(2)20-12-18(13-21(14-20)24(30)29-32-4)6-7-19-15-26-25(27-16-19)28-22-8-10-23(31-3)11-9-22/h8-17H,5-7H2,1-4H3,(H,29,30)(H,26,27,28). The molecule has 1 unspecified atom stereocenters. The van der Waals surface area contributed by atoms with Gasteiger partial charge < -0.3 is 10.1 Å². The molecular weight excluding hydrogens is 404 g/mol. The average molecular weight is 435 g/mol. The minimum Gasteiger partial charge on any atom is -0.497 e. The Bertz CT molecular complexity index is 1020. The maximum absolute atomic E-state index is 12.3. The number of nitrogens with zero attached hydrogens (tertiary/aromatic N) is 2. The van der Waals surface area contributed by atoms with E-state index in [1.165, 1.54) is 7.11 Å². The van der Waals surface area contributed by atoms with Gasteiger partial charge >= 0.3 is 0 Å². The van der Waals surface area contributed by atoms with Crippen LogP contribution >= 0.6 is 0 Å². The van der Waals surface area contributed by atoms with E-state index < -0.39 is 0 Å². The maximum Gasteiger partial charge on any atom is 0.274 e. The van der Waals surface area contributed by atoms with Crippen molar-refractivity contribution in [3.05, 3.63) is 77.1 Å². The normalized spacial score (nSPS) is 11.6. The molecule has 0 radical (unpaired) electrons. The first-order valence-corrected chi connectivity index (χ1v) is 10.7. The first-order valence-electron chi connectivity index (χ1n) is 10.7. The van der Waals surface area contributed by atoms with Crippen molar-refractivity contribution < 1.29 is 14.4 Å². The number of carbonyl (C=O) groups excluding carboxylic acids is 1. The minimum absolute atomic E-state index is 0.240. The molecule has 7 heteroatoms. The molecule has 0 saturated heterocycles. The van der Waals surface area contributed by atoms with Crippen LogP contribution < -0.4 is 15.5 Å². The summed E-state index contributed by atoms with van der Waals surface area (Å²) in [5.41, 5.74) is 7.19. The first kappa shape index (κ1) is 23.2. The van der Waals surface area contributed by atoms with Crippen molar-refractivity contribution in [1.29, 1.82) is 0 Å². The van der Waals surface area contributed by atoms with Gasteiger partial charge in [-0.05, 0) is 78.3 Å². The fourth-order valence-electron chi connectivity index (χ4n) is 3.31. The zero-order valence-electron chi connectivity index (χ0n) is 19.0. The lowest BCUT2D eigenvalue weighted by atomic mass is 9.92. The molecule has 0 aliphatic rings. The third-order valence-corrected chi connectivity index (χ3v) is 5.41. The van der Waals surface area contributed by atoms with Crippen LogP contribution in [0.25, 0.3) is 0 Å². The van der Waals surface area contributed by atoms with Gasteiger partial charge in [0.25, 0.3) is 5.91 Å². The molecule has 2 aromatic carbocycles. The molecule has 1 heterocycles. The van der Waals surface area contributed by atoms with E-state index in [0.29, 0.717) is 17.4 Å². The number of aromatic nitrogens is 2. The summed E-state index contributed by atoms with van der Waals surface area (Å²) in [6.45, 7) is 4.31. The summed E-state index contributed by atoms with van der Waals surface area (Å²) in [6, 6.07) is 13.6. The van der Waals surface area contributed by atoms with Crippen LogP contribution in [-0.2, 0) is 17.7 Å². The Morgan fingerprint density at radius 3 is 2.31 bits per heavy atom. The first-order chi connectivity index (χ1) is 15.5. The number of hydroxylamine groups is 1. The molecule has 0 spiro atoms. The molecular formula is C25H30N4O3. The Kier molecular flexibility index (Phi) is 8.16. The van der Waals surface area contributed by atoms with E-state index in [2.05, 4.69) is 40.7 Å². The fourth-order valence-corrected chi connectivity index (χ4v) is 3.31. The molecule has 0 fully saturated rings. The molecule has 1 aromatic heterocycles. The van der Waals surface area contributed by atoms with Crippen molar-refractivity contribution in [1.82, 2.24) is 15.4 Å². The van der Waals surface area contributed by atoms with E-state index in [9.17, 15) is 4.79 Å². The van der Waals surface area contributed by atoms with E-state index in [4.69, 9.17) is 9.57 Å². The van der Waals surface area contributed by atoms with E-state index in [1.54, 1.807) is 7.11 Å². The Labute approximate surface area is 189 Å². The molecule has 7 nitrogen and oxygen atoms in total. The lowest BCUT2D eigenvalue weighted by molar-refractivity contribution is 0.0537. The Balaban J connectivity index is 1.67. The predicted molar refractivity (Wildman–Crippen MR) is 125 cm³/mol. The van der Waals surface area contributed by atoms with E-state index in [1.807, 2.05) is 48.8 Å². The van der Waals surface area contributed by atoms with Crippen molar-refractivity contribution in [3.63, 3.8) is 0 Å². The number of anilines is 2. The number of hydrogen-bond donors (Lipinski definition) is 2. The number of aryl methyl sites for hydroxylation is 2. The van der Waals surface area contributed by atoms with Crippen LogP contribution in [0.5, 0.6) is 5.75 Å². The number of methoxy groups -OCH3 is 1. The smallest absolute Gasteiger partial charge is 0.274 e. The Hall–Kier alpha value is -3.45. The van der Waals surface area contributed by atoms with Crippen molar-refractivity contribution in [2.45, 2.75) is 39.0 Å². The number of ether oxygens (including phenoxy) is 1. The third kappa shape index (κ3) is 6.28. The number of carbonyl (C=O) groups is 1. The molecule has 32 heavy (non-hydrogen) atoms. The van der Waals surface area contributed by atoms with Crippen LogP contribution in [0.4, 0.5) is 11.6 Å². The topological polar surface area (TPSA) is 85.4 Å². The summed E-state index contributed by atoms with van der Waals surface area (Å²) >= 11 is 0. The lowest BCUT2D eigenvalue weighted by Crippen LogP contribution is -2.22. The lowest BCUT2D eigenvalue weighted by Gasteiger charge is -2.14. The molecule has 0 aliphatic carbocycles. The van der Waals surface area contributed by atoms with Crippen LogP contribution in [0.2, 0.25) is 0 Å². The molecule has 0 aliphatic heterocycles. The van der Waals surface area contributed by atoms with Crippen molar-refractivity contribution in [2.75, 3.05) is 19.5 Å². The zero-order valence-corrected chi connectivity index (χ0v) is 19.0. The molecule has 0 saturated carbocycles. The second-order valence-electron chi connectivity index (χ2n) is 7.68. The van der Waals surface area contributed by atoms with Crippen LogP contribution in [0.1, 0.15) is 53.2 Å². The highest BCUT2D eigenvalue weighted by Crippen LogP contribution is 2.23. The summed E-state index contributed by atoms with van der Waals surface area (Å²) < 4.78 is 5.17. The van der Waals surface area contributed by atoms with Crippen LogP contribution in [0.3, 0.4) is 0 Å². The molecule has 2 N–H and O–H groups in total. The van der Waals surface area contributed by atoms with E-state index in [-0.39, 0.29) is 5.91 Å². The van der Waals surface area contributed by atoms with E-state index >= 15 is 0 Å². The summed E-state index contributed by atoms with van der Waals surface area (Å²) in [6.07, 6.45) is 6.22. The predicted octanol–water partition coefficient (Wildman–Crippen LogP) is 4.82. The van der Waals surface area contributed by atoms with Crippen LogP contribution in [0, 0.1) is 0 Å². The highest BCUT2D eigenvalue weighted by Gasteiger charge is 2.12. The maximum atomic E-state index is 12.3. The third-order valence-electron chi connectivity index (χ3n) is 5.41. The molecule has 3 rings (SSSR count). The number of nitrogens with one attached hydrogen (secondary N) is 2. The van der Waals surface area contributed by atoms with Crippen LogP contribution in [-0.4, -0.2) is 30.1 Å². The van der Waals surface area contributed by atoms with Gasteiger partial charge in [0.2, 0.25) is 5.95 Å². The van der Waals surface area contributed by atoms with E-state index in [0.717, 1.165) is 47.4 Å². The molecule has 0 bridgehead atoms. The molecule has 1 atom stereocenters. The van der Waals surface area contributed by atoms with Crippen molar-refractivity contribution in [2.24, 2.45) is 0 Å². The highest BCUT2D eigenvalue weighted by atomic mass is 16.6. The van der Waals surface area contributed by atoms with Gasteiger partial charge in [-0.2, -0.15) is 0 Å². The fraction of sp³-hybridized carbons (Fsp3) is 0.320. The Morgan fingerprint density at radius 1 is 1.00 bits per heavy atom. The van der Waals surface area contributed by atoms with Crippen molar-refractivity contribution in [3.8, 4) is 5.75 Å². The number of benzene rings is 2. The summed E-state index contributed by atoms with van der Waals surface area (Å²) in [4.78, 5) is 25.9. The monoisotopic (exact) mass is 434 g/mol. The van der Waals surface area contributed by atoms with Gasteiger partial charge in [0.05, 0.1) is 14.2 Å². The number of amides is 1. The largest absolute Gasteiger partial charge is 0.497 e. The molecule has 1 amide bonds. The minimum atomic E-state index is -0.240. The van der Waals surface area contributed by atoms with Gasteiger partial charge in [-0.3, -0.25) is 9.63 Å². The van der Waals surface area contributed by atoms with Gasteiger partial charge in [-0.15, -0.1) is 0 Å². The summed E-state index contributed by atoms with van der Waals surface area (Å²) in [7, 11) is 3.07. The second kappa shape index (κ2) is 11.2. The summed E-state index contributed by atoms with van der Waals surface area (Å²) in [5, 5.41) is 3.18. The number of hydrogen-bond acceptors (Lipinski definition) is 6. The SMILES string of the molecule is CCC(C)c1cc(CCc2cnc(Nc3ccc(OC)cc3)nc2)cc(C(=O)NOC)c1.